The van der Waals surface area contributed by atoms with Crippen LogP contribution >= 0.6 is 0 Å². The van der Waals surface area contributed by atoms with E-state index in [1.165, 1.54) is 18.4 Å². The van der Waals surface area contributed by atoms with Crippen molar-refractivity contribution in [1.82, 2.24) is 5.43 Å². The maximum atomic E-state index is 10.6. The van der Waals surface area contributed by atoms with Crippen molar-refractivity contribution in [3.05, 3.63) is 11.6 Å². The molecule has 4 nitrogen and oxygen atoms in total. The minimum atomic E-state index is -0.608. The van der Waals surface area contributed by atoms with Crippen LogP contribution < -0.4 is 11.2 Å². The molecule has 0 spiro atoms. The van der Waals surface area contributed by atoms with Gasteiger partial charge < -0.3 is 5.73 Å². The van der Waals surface area contributed by atoms with E-state index in [1.807, 2.05) is 6.92 Å². The summed E-state index contributed by atoms with van der Waals surface area (Å²) < 4.78 is 0. The van der Waals surface area contributed by atoms with E-state index in [4.69, 9.17) is 5.73 Å². The van der Waals surface area contributed by atoms with Gasteiger partial charge in [0.05, 0.1) is 0 Å². The number of urea groups is 1. The number of rotatable bonds is 4. The van der Waals surface area contributed by atoms with Gasteiger partial charge in [0.1, 0.15) is 0 Å². The standard InChI is InChI=1S/C14H25N3O/c1-10-6-5-9-14(3,4)12(10)8-7-11(2)16-17-13(15)18/h6,12H,5,7-9H2,1-4H3,(H3,15,17,18)/b16-11+/t12-/m0/s1. The number of primary amides is 1. The van der Waals surface area contributed by atoms with E-state index in [9.17, 15) is 4.79 Å². The molecule has 1 aliphatic rings. The Morgan fingerprint density at radius 3 is 2.83 bits per heavy atom. The zero-order valence-electron chi connectivity index (χ0n) is 11.9. The molecule has 0 saturated carbocycles. The molecule has 3 N–H and O–H groups in total. The zero-order valence-corrected chi connectivity index (χ0v) is 11.9. The van der Waals surface area contributed by atoms with Crippen LogP contribution in [0.5, 0.6) is 0 Å². The highest BCUT2D eigenvalue weighted by Crippen LogP contribution is 2.43. The first-order chi connectivity index (χ1) is 8.33. The predicted octanol–water partition coefficient (Wildman–Crippen LogP) is 3.19. The van der Waals surface area contributed by atoms with Crippen molar-refractivity contribution in [2.75, 3.05) is 0 Å². The van der Waals surface area contributed by atoms with E-state index >= 15 is 0 Å². The topological polar surface area (TPSA) is 67.5 Å². The fourth-order valence-corrected chi connectivity index (χ4v) is 2.78. The highest BCUT2D eigenvalue weighted by molar-refractivity contribution is 5.83. The van der Waals surface area contributed by atoms with E-state index in [0.29, 0.717) is 11.3 Å². The van der Waals surface area contributed by atoms with Crippen molar-refractivity contribution in [1.29, 1.82) is 0 Å². The zero-order chi connectivity index (χ0) is 13.8. The van der Waals surface area contributed by atoms with Crippen LogP contribution in [0.3, 0.4) is 0 Å². The number of hydrazone groups is 1. The number of amides is 2. The third kappa shape index (κ3) is 4.17. The lowest BCUT2D eigenvalue weighted by Gasteiger charge is -2.38. The normalized spacial score (nSPS) is 23.4. The smallest absolute Gasteiger partial charge is 0.332 e. The molecule has 102 valence electrons. The van der Waals surface area contributed by atoms with Gasteiger partial charge in [0.25, 0.3) is 0 Å². The van der Waals surface area contributed by atoms with Gasteiger partial charge in [0, 0.05) is 5.71 Å². The van der Waals surface area contributed by atoms with Crippen LogP contribution in [-0.4, -0.2) is 11.7 Å². The minimum Gasteiger partial charge on any atom is -0.350 e. The Kier molecular flexibility index (Phi) is 4.93. The van der Waals surface area contributed by atoms with Gasteiger partial charge >= 0.3 is 6.03 Å². The largest absolute Gasteiger partial charge is 0.350 e. The van der Waals surface area contributed by atoms with Gasteiger partial charge in [-0.2, -0.15) is 5.10 Å². The summed E-state index contributed by atoms with van der Waals surface area (Å²) in [7, 11) is 0. The molecule has 0 saturated heterocycles. The van der Waals surface area contributed by atoms with Gasteiger partial charge in [-0.3, -0.25) is 0 Å². The summed E-state index contributed by atoms with van der Waals surface area (Å²) in [5.74, 6) is 0.602. The summed E-state index contributed by atoms with van der Waals surface area (Å²) >= 11 is 0. The lowest BCUT2D eigenvalue weighted by Crippen LogP contribution is -2.29. The van der Waals surface area contributed by atoms with Gasteiger partial charge in [0.2, 0.25) is 0 Å². The van der Waals surface area contributed by atoms with E-state index in [-0.39, 0.29) is 0 Å². The van der Waals surface area contributed by atoms with Crippen LogP contribution in [0.2, 0.25) is 0 Å². The molecule has 0 aromatic heterocycles. The third-order valence-electron chi connectivity index (χ3n) is 3.90. The first kappa shape index (κ1) is 14.7. The highest BCUT2D eigenvalue weighted by Gasteiger charge is 2.32. The molecule has 1 aliphatic carbocycles. The van der Waals surface area contributed by atoms with Gasteiger partial charge in [-0.15, -0.1) is 0 Å². The summed E-state index contributed by atoms with van der Waals surface area (Å²) in [4.78, 5) is 10.6. The maximum absolute atomic E-state index is 10.6. The second kappa shape index (κ2) is 6.03. The molecule has 0 aromatic carbocycles. The van der Waals surface area contributed by atoms with Gasteiger partial charge in [0.15, 0.2) is 0 Å². The lowest BCUT2D eigenvalue weighted by atomic mass is 9.67. The Morgan fingerprint density at radius 2 is 2.28 bits per heavy atom. The monoisotopic (exact) mass is 251 g/mol. The number of hydrogen-bond donors (Lipinski definition) is 2. The second-order valence-electron chi connectivity index (χ2n) is 5.89. The Morgan fingerprint density at radius 1 is 1.61 bits per heavy atom. The van der Waals surface area contributed by atoms with Crippen molar-refractivity contribution in [3.8, 4) is 0 Å². The summed E-state index contributed by atoms with van der Waals surface area (Å²) in [5.41, 5.74) is 10.0. The highest BCUT2D eigenvalue weighted by atomic mass is 16.2. The maximum Gasteiger partial charge on any atom is 0.332 e. The van der Waals surface area contributed by atoms with Crippen LogP contribution in [0.4, 0.5) is 4.79 Å². The molecule has 0 unspecified atom stereocenters. The van der Waals surface area contributed by atoms with E-state index in [0.717, 1.165) is 18.6 Å². The predicted molar refractivity (Wildman–Crippen MR) is 75.3 cm³/mol. The average molecular weight is 251 g/mol. The molecule has 0 radical (unpaired) electrons. The van der Waals surface area contributed by atoms with Crippen LogP contribution in [-0.2, 0) is 0 Å². The fraction of sp³-hybridized carbons (Fsp3) is 0.714. The second-order valence-corrected chi connectivity index (χ2v) is 5.89. The molecule has 1 rings (SSSR count). The molecule has 2 amide bonds. The lowest BCUT2D eigenvalue weighted by molar-refractivity contribution is 0.206. The summed E-state index contributed by atoms with van der Waals surface area (Å²) in [6.07, 6.45) is 6.74. The van der Waals surface area contributed by atoms with Crippen molar-refractivity contribution in [2.45, 2.75) is 53.4 Å². The Balaban J connectivity index is 2.56. The minimum absolute atomic E-state index is 0.357. The number of carbonyl (C=O) groups excluding carboxylic acids is 1. The summed E-state index contributed by atoms with van der Waals surface area (Å²) in [6, 6.07) is -0.608. The Labute approximate surface area is 110 Å². The van der Waals surface area contributed by atoms with E-state index in [2.05, 4.69) is 37.4 Å². The van der Waals surface area contributed by atoms with Crippen molar-refractivity contribution >= 4 is 11.7 Å². The number of carbonyl (C=O) groups is 1. The fourth-order valence-electron chi connectivity index (χ4n) is 2.78. The van der Waals surface area contributed by atoms with Crippen LogP contribution in [0, 0.1) is 11.3 Å². The van der Waals surface area contributed by atoms with E-state index in [1.54, 1.807) is 0 Å². The molecule has 18 heavy (non-hydrogen) atoms. The first-order valence-corrected chi connectivity index (χ1v) is 6.58. The number of nitrogens with one attached hydrogen (secondary N) is 1. The van der Waals surface area contributed by atoms with Crippen molar-refractivity contribution in [3.63, 3.8) is 0 Å². The Hall–Kier alpha value is -1.32. The summed E-state index contributed by atoms with van der Waals surface area (Å²) in [6.45, 7) is 8.81. The first-order valence-electron chi connectivity index (χ1n) is 6.58. The van der Waals surface area contributed by atoms with Crippen LogP contribution in [0.1, 0.15) is 53.4 Å². The van der Waals surface area contributed by atoms with Crippen LogP contribution in [0.25, 0.3) is 0 Å². The molecule has 0 fully saturated rings. The molecule has 4 heteroatoms. The number of nitrogens with two attached hydrogens (primary N) is 1. The van der Waals surface area contributed by atoms with Crippen molar-refractivity contribution in [2.24, 2.45) is 22.2 Å². The van der Waals surface area contributed by atoms with Crippen molar-refractivity contribution < 1.29 is 4.79 Å². The molecule has 1 atom stereocenters. The quantitative estimate of drug-likeness (QED) is 0.450. The molecule has 0 bridgehead atoms. The van der Waals surface area contributed by atoms with Gasteiger partial charge in [-0.05, 0) is 50.9 Å². The Bertz CT molecular complexity index is 369. The van der Waals surface area contributed by atoms with E-state index < -0.39 is 6.03 Å². The third-order valence-corrected chi connectivity index (χ3v) is 3.90. The van der Waals surface area contributed by atoms with Gasteiger partial charge in [-0.25, -0.2) is 10.2 Å². The molecule has 0 heterocycles. The number of hydrogen-bond acceptors (Lipinski definition) is 2. The molecule has 0 aliphatic heterocycles. The number of allylic oxidation sites excluding steroid dienone is 2. The average Bonchev–Trinajstić information content (AvgIpc) is 2.24. The molecular formula is C14H25N3O. The number of nitrogens with zero attached hydrogens (tertiary/aromatic N) is 1. The summed E-state index contributed by atoms with van der Waals surface area (Å²) in [5, 5.41) is 3.95. The SMILES string of the molecule is CC1=CCCC(C)(C)[C@H]1CC/C(C)=N/NC(N)=O. The van der Waals surface area contributed by atoms with Gasteiger partial charge in [-0.1, -0.05) is 25.5 Å². The molecule has 0 aromatic rings. The van der Waals surface area contributed by atoms with Crippen LogP contribution in [0.15, 0.2) is 16.8 Å². The molecular weight excluding hydrogens is 226 g/mol.